The molecule has 1 aromatic carbocycles. The van der Waals surface area contributed by atoms with E-state index < -0.39 is 5.97 Å². The first kappa shape index (κ1) is 14.8. The van der Waals surface area contributed by atoms with Crippen molar-refractivity contribution in [2.45, 2.75) is 0 Å². The van der Waals surface area contributed by atoms with Gasteiger partial charge in [-0.3, -0.25) is 4.79 Å². The second-order valence-electron chi connectivity index (χ2n) is 4.80. The van der Waals surface area contributed by atoms with Crippen molar-refractivity contribution in [3.63, 3.8) is 0 Å². The van der Waals surface area contributed by atoms with Gasteiger partial charge in [-0.15, -0.1) is 0 Å². The van der Waals surface area contributed by atoms with E-state index in [9.17, 15) is 14.7 Å². The summed E-state index contributed by atoms with van der Waals surface area (Å²) in [6.45, 7) is 2.65. The van der Waals surface area contributed by atoms with Crippen LogP contribution in [0.5, 0.6) is 0 Å². The van der Waals surface area contributed by atoms with Crippen LogP contribution in [-0.4, -0.2) is 53.4 Å². The SMILES string of the molecule is O=C1N=C(N2CCOCC2)S/C1=C/c1ccccc1C(=O)O. The molecule has 0 radical (unpaired) electrons. The lowest BCUT2D eigenvalue weighted by atomic mass is 10.1. The second-order valence-corrected chi connectivity index (χ2v) is 5.81. The van der Waals surface area contributed by atoms with Gasteiger partial charge in [-0.2, -0.15) is 4.99 Å². The first-order valence-electron chi connectivity index (χ1n) is 6.83. The molecule has 22 heavy (non-hydrogen) atoms. The van der Waals surface area contributed by atoms with Crippen LogP contribution in [0.2, 0.25) is 0 Å². The number of thioether (sulfide) groups is 1. The summed E-state index contributed by atoms with van der Waals surface area (Å²) in [4.78, 5) is 29.8. The van der Waals surface area contributed by atoms with Crippen molar-refractivity contribution >= 4 is 34.9 Å². The Morgan fingerprint density at radius 3 is 2.77 bits per heavy atom. The third-order valence-electron chi connectivity index (χ3n) is 3.37. The van der Waals surface area contributed by atoms with E-state index in [1.807, 2.05) is 4.90 Å². The van der Waals surface area contributed by atoms with E-state index in [2.05, 4.69) is 4.99 Å². The van der Waals surface area contributed by atoms with Crippen LogP contribution >= 0.6 is 11.8 Å². The minimum Gasteiger partial charge on any atom is -0.478 e. The average Bonchev–Trinajstić information content (AvgIpc) is 2.90. The molecule has 3 rings (SSSR count). The number of hydrogen-bond acceptors (Lipinski definition) is 5. The average molecular weight is 318 g/mol. The van der Waals surface area contributed by atoms with Gasteiger partial charge in [0.15, 0.2) is 5.17 Å². The maximum Gasteiger partial charge on any atom is 0.336 e. The Morgan fingerprint density at radius 1 is 1.32 bits per heavy atom. The van der Waals surface area contributed by atoms with E-state index in [-0.39, 0.29) is 11.5 Å². The summed E-state index contributed by atoms with van der Waals surface area (Å²) in [7, 11) is 0. The molecule has 1 N–H and O–H groups in total. The highest BCUT2D eigenvalue weighted by Crippen LogP contribution is 2.31. The van der Waals surface area contributed by atoms with E-state index in [1.165, 1.54) is 17.8 Å². The van der Waals surface area contributed by atoms with Crippen molar-refractivity contribution in [2.75, 3.05) is 26.3 Å². The van der Waals surface area contributed by atoms with Crippen LogP contribution in [-0.2, 0) is 9.53 Å². The number of carboxylic acid groups (broad SMARTS) is 1. The molecule has 0 spiro atoms. The molecule has 0 bridgehead atoms. The van der Waals surface area contributed by atoms with Crippen molar-refractivity contribution in [1.29, 1.82) is 0 Å². The maximum atomic E-state index is 12.0. The smallest absolute Gasteiger partial charge is 0.336 e. The standard InChI is InChI=1S/C15H14N2O4S/c18-13-12(9-10-3-1-2-4-11(10)14(19)20)22-15(16-13)17-5-7-21-8-6-17/h1-4,9H,5-8H2,(H,19,20)/b12-9+. The zero-order valence-corrected chi connectivity index (χ0v) is 12.5. The molecule has 2 aliphatic heterocycles. The molecule has 1 saturated heterocycles. The molecule has 2 heterocycles. The topological polar surface area (TPSA) is 79.2 Å². The molecule has 1 amide bonds. The number of carbonyl (C=O) groups excluding carboxylic acids is 1. The van der Waals surface area contributed by atoms with Gasteiger partial charge in [0.05, 0.1) is 23.7 Å². The number of ether oxygens (including phenoxy) is 1. The number of aliphatic imine (C=N–C) groups is 1. The van der Waals surface area contributed by atoms with E-state index in [4.69, 9.17) is 4.74 Å². The summed E-state index contributed by atoms with van der Waals surface area (Å²) in [6, 6.07) is 6.59. The third kappa shape index (κ3) is 3.05. The fraction of sp³-hybridized carbons (Fsp3) is 0.267. The Kier molecular flexibility index (Phi) is 4.26. The van der Waals surface area contributed by atoms with Gasteiger partial charge in [0.2, 0.25) is 0 Å². The molecule has 0 aliphatic carbocycles. The van der Waals surface area contributed by atoms with Gasteiger partial charge in [-0.25, -0.2) is 4.79 Å². The number of benzene rings is 1. The zero-order chi connectivity index (χ0) is 15.5. The summed E-state index contributed by atoms with van der Waals surface area (Å²) >= 11 is 1.28. The minimum atomic E-state index is -1.02. The Morgan fingerprint density at radius 2 is 2.05 bits per heavy atom. The van der Waals surface area contributed by atoms with Crippen molar-refractivity contribution < 1.29 is 19.4 Å². The Hall–Kier alpha value is -2.12. The van der Waals surface area contributed by atoms with E-state index in [0.29, 0.717) is 41.9 Å². The minimum absolute atomic E-state index is 0.170. The number of amidine groups is 1. The van der Waals surface area contributed by atoms with E-state index >= 15 is 0 Å². The molecule has 1 aromatic rings. The number of morpholine rings is 1. The second kappa shape index (κ2) is 6.33. The molecule has 7 heteroatoms. The van der Waals surface area contributed by atoms with Crippen molar-refractivity contribution in [3.05, 3.63) is 40.3 Å². The van der Waals surface area contributed by atoms with Crippen LogP contribution in [0.4, 0.5) is 0 Å². The summed E-state index contributed by atoms with van der Waals surface area (Å²) in [5.74, 6) is -1.34. The van der Waals surface area contributed by atoms with Crippen LogP contribution in [0.1, 0.15) is 15.9 Å². The number of rotatable bonds is 2. The number of hydrogen-bond donors (Lipinski definition) is 1. The van der Waals surface area contributed by atoms with Crippen LogP contribution in [0, 0.1) is 0 Å². The van der Waals surface area contributed by atoms with Gasteiger partial charge in [0.1, 0.15) is 0 Å². The maximum absolute atomic E-state index is 12.0. The summed E-state index contributed by atoms with van der Waals surface area (Å²) < 4.78 is 5.28. The Balaban J connectivity index is 1.82. The highest BCUT2D eigenvalue weighted by Gasteiger charge is 2.27. The fourth-order valence-electron chi connectivity index (χ4n) is 2.25. The normalized spacial score (nSPS) is 20.4. The van der Waals surface area contributed by atoms with Crippen molar-refractivity contribution in [2.24, 2.45) is 4.99 Å². The van der Waals surface area contributed by atoms with Crippen LogP contribution < -0.4 is 0 Å². The molecular weight excluding hydrogens is 304 g/mol. The van der Waals surface area contributed by atoms with Gasteiger partial charge < -0.3 is 14.7 Å². The molecule has 114 valence electrons. The number of aromatic carboxylic acids is 1. The quantitative estimate of drug-likeness (QED) is 0.836. The fourth-order valence-corrected chi connectivity index (χ4v) is 3.20. The molecule has 0 aromatic heterocycles. The Bertz CT molecular complexity index is 678. The number of carboxylic acids is 1. The van der Waals surface area contributed by atoms with Gasteiger partial charge in [0.25, 0.3) is 5.91 Å². The van der Waals surface area contributed by atoms with Crippen LogP contribution in [0.3, 0.4) is 0 Å². The monoisotopic (exact) mass is 318 g/mol. The molecular formula is C15H14N2O4S. The Labute approximate surface area is 131 Å². The molecule has 0 atom stereocenters. The van der Waals surface area contributed by atoms with Crippen LogP contribution in [0.25, 0.3) is 6.08 Å². The third-order valence-corrected chi connectivity index (χ3v) is 4.41. The number of nitrogens with zero attached hydrogens (tertiary/aromatic N) is 2. The molecule has 0 unspecified atom stereocenters. The largest absolute Gasteiger partial charge is 0.478 e. The van der Waals surface area contributed by atoms with Gasteiger partial charge >= 0.3 is 5.97 Å². The van der Waals surface area contributed by atoms with Gasteiger partial charge in [-0.1, -0.05) is 18.2 Å². The number of amides is 1. The van der Waals surface area contributed by atoms with E-state index in [0.717, 1.165) is 0 Å². The molecule has 2 aliphatic rings. The predicted octanol–water partition coefficient (Wildman–Crippen LogP) is 1.69. The summed E-state index contributed by atoms with van der Waals surface area (Å²) in [6.07, 6.45) is 1.59. The van der Waals surface area contributed by atoms with Gasteiger partial charge in [-0.05, 0) is 29.5 Å². The lowest BCUT2D eigenvalue weighted by molar-refractivity contribution is -0.113. The first-order chi connectivity index (χ1) is 10.6. The number of carbonyl (C=O) groups is 2. The van der Waals surface area contributed by atoms with Crippen molar-refractivity contribution in [1.82, 2.24) is 4.90 Å². The highest BCUT2D eigenvalue weighted by molar-refractivity contribution is 8.18. The first-order valence-corrected chi connectivity index (χ1v) is 7.64. The summed E-state index contributed by atoms with van der Waals surface area (Å²) in [5, 5.41) is 9.85. The molecule has 1 fully saturated rings. The van der Waals surface area contributed by atoms with Crippen LogP contribution in [0.15, 0.2) is 34.2 Å². The lowest BCUT2D eigenvalue weighted by Crippen LogP contribution is -2.38. The zero-order valence-electron chi connectivity index (χ0n) is 11.7. The van der Waals surface area contributed by atoms with Crippen molar-refractivity contribution in [3.8, 4) is 0 Å². The molecule has 6 nitrogen and oxygen atoms in total. The highest BCUT2D eigenvalue weighted by atomic mass is 32.2. The summed E-state index contributed by atoms with van der Waals surface area (Å²) in [5.41, 5.74) is 0.674. The van der Waals surface area contributed by atoms with Gasteiger partial charge in [0, 0.05) is 13.1 Å². The predicted molar refractivity (Wildman–Crippen MR) is 83.8 cm³/mol. The molecule has 0 saturated carbocycles. The lowest BCUT2D eigenvalue weighted by Gasteiger charge is -2.27. The van der Waals surface area contributed by atoms with E-state index in [1.54, 1.807) is 24.3 Å².